The van der Waals surface area contributed by atoms with E-state index in [2.05, 4.69) is 15.5 Å². The number of anilines is 1. The van der Waals surface area contributed by atoms with Crippen molar-refractivity contribution >= 4 is 21.6 Å². The molecule has 0 bridgehead atoms. The number of rotatable bonds is 5. The Kier molecular flexibility index (Phi) is 5.79. The quantitative estimate of drug-likeness (QED) is 0.561. The molecule has 1 aromatic heterocycles. The van der Waals surface area contributed by atoms with E-state index in [1.807, 2.05) is 6.92 Å². The zero-order chi connectivity index (χ0) is 22.0. The molecule has 0 aliphatic carbocycles. The normalized spacial score (nSPS) is 17.4. The summed E-state index contributed by atoms with van der Waals surface area (Å²) in [6.07, 6.45) is 2.77. The van der Waals surface area contributed by atoms with Gasteiger partial charge in [0.05, 0.1) is 10.6 Å². The van der Waals surface area contributed by atoms with Gasteiger partial charge in [-0.1, -0.05) is 18.6 Å². The van der Waals surface area contributed by atoms with Crippen LogP contribution in [-0.2, 0) is 10.0 Å². The highest BCUT2D eigenvalue weighted by molar-refractivity contribution is 7.89. The van der Waals surface area contributed by atoms with Crippen molar-refractivity contribution in [1.82, 2.24) is 14.5 Å². The Hall–Kier alpha value is -3.17. The minimum Gasteiger partial charge on any atom is -0.507 e. The highest BCUT2D eigenvalue weighted by Crippen LogP contribution is 2.28. The summed E-state index contributed by atoms with van der Waals surface area (Å²) in [5.41, 5.74) is 1.64. The fraction of sp³-hybridized carbons (Fsp3) is 0.273. The molecular weight excluding hydrogens is 416 g/mol. The number of para-hydroxylation sites is 1. The maximum absolute atomic E-state index is 12.9. The van der Waals surface area contributed by atoms with E-state index in [1.54, 1.807) is 46.8 Å². The lowest BCUT2D eigenvalue weighted by Crippen LogP contribution is -2.41. The van der Waals surface area contributed by atoms with Gasteiger partial charge in [0.15, 0.2) is 0 Å². The second kappa shape index (κ2) is 8.52. The maximum Gasteiger partial charge on any atom is 0.273 e. The van der Waals surface area contributed by atoms with E-state index in [-0.39, 0.29) is 22.4 Å². The van der Waals surface area contributed by atoms with E-state index >= 15 is 0 Å². The molecule has 0 unspecified atom stereocenters. The first-order chi connectivity index (χ1) is 14.9. The van der Waals surface area contributed by atoms with Crippen molar-refractivity contribution in [2.24, 2.45) is 0 Å². The fourth-order valence-corrected chi connectivity index (χ4v) is 5.44. The van der Waals surface area contributed by atoms with Crippen LogP contribution >= 0.6 is 0 Å². The Bertz CT molecular complexity index is 1190. The third-order valence-electron chi connectivity index (χ3n) is 5.46. The maximum atomic E-state index is 12.9. The number of nitrogens with one attached hydrogen (secondary N) is 2. The molecule has 8 nitrogen and oxygen atoms in total. The highest BCUT2D eigenvalue weighted by Gasteiger charge is 2.30. The molecule has 1 saturated heterocycles. The molecule has 2 aromatic carbocycles. The summed E-state index contributed by atoms with van der Waals surface area (Å²) in [5, 5.41) is 19.4. The van der Waals surface area contributed by atoms with Crippen LogP contribution in [0.4, 0.5) is 5.69 Å². The molecule has 4 rings (SSSR count). The second-order valence-electron chi connectivity index (χ2n) is 7.62. The fourth-order valence-electron chi connectivity index (χ4n) is 3.74. The average molecular weight is 441 g/mol. The van der Waals surface area contributed by atoms with Crippen LogP contribution < -0.4 is 5.32 Å². The largest absolute Gasteiger partial charge is 0.507 e. The van der Waals surface area contributed by atoms with E-state index in [1.165, 1.54) is 12.1 Å². The minimum absolute atomic E-state index is 0.0169. The number of carbonyl (C=O) groups is 1. The van der Waals surface area contributed by atoms with Gasteiger partial charge < -0.3 is 10.4 Å². The lowest BCUT2D eigenvalue weighted by Gasteiger charge is -2.32. The van der Waals surface area contributed by atoms with Gasteiger partial charge in [0, 0.05) is 23.8 Å². The topological polar surface area (TPSA) is 115 Å². The summed E-state index contributed by atoms with van der Waals surface area (Å²) >= 11 is 0. The molecule has 1 amide bonds. The summed E-state index contributed by atoms with van der Waals surface area (Å²) in [5.74, 6) is -0.352. The minimum atomic E-state index is -3.56. The molecule has 9 heteroatoms. The van der Waals surface area contributed by atoms with E-state index in [9.17, 15) is 18.3 Å². The van der Waals surface area contributed by atoms with E-state index in [0.717, 1.165) is 19.3 Å². The molecule has 1 atom stereocenters. The number of hydrogen-bond donors (Lipinski definition) is 3. The van der Waals surface area contributed by atoms with Gasteiger partial charge in [-0.25, -0.2) is 8.42 Å². The van der Waals surface area contributed by atoms with Gasteiger partial charge in [0.2, 0.25) is 10.0 Å². The number of carbonyl (C=O) groups excluding carboxylic acids is 1. The lowest BCUT2D eigenvalue weighted by molar-refractivity contribution is 0.102. The SMILES string of the molecule is C[C@H]1CCCCN1S(=O)(=O)c1ccc(NC(=O)c2cc(-c3ccccc3O)n[nH]2)cc1. The Morgan fingerprint density at radius 2 is 1.90 bits per heavy atom. The van der Waals surface area contributed by atoms with Crippen molar-refractivity contribution in [3.05, 3.63) is 60.3 Å². The number of aromatic amines is 1. The van der Waals surface area contributed by atoms with Crippen LogP contribution in [-0.4, -0.2) is 46.5 Å². The number of phenolic OH excluding ortho intramolecular Hbond substituents is 1. The first-order valence-corrected chi connectivity index (χ1v) is 11.6. The predicted octanol–water partition coefficient (Wildman–Crippen LogP) is 3.60. The molecule has 0 saturated carbocycles. The molecule has 1 aliphatic heterocycles. The summed E-state index contributed by atoms with van der Waals surface area (Å²) in [6, 6.07) is 14.4. The number of amides is 1. The van der Waals surface area contributed by atoms with Crippen LogP contribution in [0.25, 0.3) is 11.3 Å². The van der Waals surface area contributed by atoms with Crippen molar-refractivity contribution in [3.8, 4) is 17.0 Å². The Labute approximate surface area is 181 Å². The van der Waals surface area contributed by atoms with Crippen molar-refractivity contribution < 1.29 is 18.3 Å². The Morgan fingerprint density at radius 3 is 2.61 bits per heavy atom. The van der Waals surface area contributed by atoms with Crippen LogP contribution in [0.3, 0.4) is 0 Å². The molecule has 0 spiro atoms. The zero-order valence-electron chi connectivity index (χ0n) is 17.1. The van der Waals surface area contributed by atoms with E-state index in [4.69, 9.17) is 0 Å². The summed E-state index contributed by atoms with van der Waals surface area (Å²) in [7, 11) is -3.56. The number of nitrogens with zero attached hydrogens (tertiary/aromatic N) is 2. The second-order valence-corrected chi connectivity index (χ2v) is 9.51. The number of phenols is 1. The predicted molar refractivity (Wildman–Crippen MR) is 117 cm³/mol. The standard InChI is InChI=1S/C22H24N4O4S/c1-15-6-4-5-13-26(15)31(29,30)17-11-9-16(10-12-17)23-22(28)20-14-19(24-25-20)18-7-2-3-8-21(18)27/h2-3,7-12,14-15,27H,4-6,13H2,1H3,(H,23,28)(H,24,25)/t15-/m0/s1. The van der Waals surface area contributed by atoms with Gasteiger partial charge in [-0.3, -0.25) is 9.89 Å². The van der Waals surface area contributed by atoms with Crippen molar-refractivity contribution in [2.75, 3.05) is 11.9 Å². The van der Waals surface area contributed by atoms with E-state index in [0.29, 0.717) is 23.5 Å². The number of benzene rings is 2. The molecule has 1 fully saturated rings. The number of H-pyrrole nitrogens is 1. The van der Waals surface area contributed by atoms with Gasteiger partial charge >= 0.3 is 0 Å². The summed E-state index contributed by atoms with van der Waals surface area (Å²) in [6.45, 7) is 2.46. The monoisotopic (exact) mass is 440 g/mol. The molecule has 1 aliphatic rings. The van der Waals surface area contributed by atoms with Crippen molar-refractivity contribution in [2.45, 2.75) is 37.1 Å². The van der Waals surface area contributed by atoms with Crippen LogP contribution in [0, 0.1) is 0 Å². The van der Waals surface area contributed by atoms with Crippen molar-refractivity contribution in [3.63, 3.8) is 0 Å². The van der Waals surface area contributed by atoms with Crippen LogP contribution in [0.1, 0.15) is 36.7 Å². The smallest absolute Gasteiger partial charge is 0.273 e. The third kappa shape index (κ3) is 4.33. The number of aromatic nitrogens is 2. The van der Waals surface area contributed by atoms with Gasteiger partial charge in [0.1, 0.15) is 11.4 Å². The highest BCUT2D eigenvalue weighted by atomic mass is 32.2. The van der Waals surface area contributed by atoms with Gasteiger partial charge in [-0.15, -0.1) is 0 Å². The number of piperidine rings is 1. The molecule has 3 aromatic rings. The summed E-state index contributed by atoms with van der Waals surface area (Å²) < 4.78 is 27.4. The van der Waals surface area contributed by atoms with Gasteiger partial charge in [-0.2, -0.15) is 9.40 Å². The van der Waals surface area contributed by atoms with E-state index < -0.39 is 15.9 Å². The third-order valence-corrected chi connectivity index (χ3v) is 7.49. The first kappa shape index (κ1) is 21.1. The Balaban J connectivity index is 1.47. The molecule has 0 radical (unpaired) electrons. The lowest BCUT2D eigenvalue weighted by atomic mass is 10.1. The van der Waals surface area contributed by atoms with Crippen LogP contribution in [0.5, 0.6) is 5.75 Å². The number of sulfonamides is 1. The first-order valence-electron chi connectivity index (χ1n) is 10.1. The van der Waals surface area contributed by atoms with Crippen LogP contribution in [0.2, 0.25) is 0 Å². The van der Waals surface area contributed by atoms with Gasteiger partial charge in [-0.05, 0) is 62.2 Å². The Morgan fingerprint density at radius 1 is 1.16 bits per heavy atom. The zero-order valence-corrected chi connectivity index (χ0v) is 17.9. The van der Waals surface area contributed by atoms with Crippen LogP contribution in [0.15, 0.2) is 59.5 Å². The average Bonchev–Trinajstić information content (AvgIpc) is 3.25. The van der Waals surface area contributed by atoms with Gasteiger partial charge in [0.25, 0.3) is 5.91 Å². The summed E-state index contributed by atoms with van der Waals surface area (Å²) in [4.78, 5) is 12.8. The number of aromatic hydroxyl groups is 1. The molecule has 162 valence electrons. The van der Waals surface area contributed by atoms with Crippen molar-refractivity contribution in [1.29, 1.82) is 0 Å². The number of hydrogen-bond acceptors (Lipinski definition) is 5. The molecule has 3 N–H and O–H groups in total. The molecule has 2 heterocycles. The molecule has 31 heavy (non-hydrogen) atoms. The molecular formula is C22H24N4O4S.